The Hall–Kier alpha value is -3.56. The molecule has 4 rings (SSSR count). The van der Waals surface area contributed by atoms with Crippen LogP contribution in [0.3, 0.4) is 0 Å². The summed E-state index contributed by atoms with van der Waals surface area (Å²) in [4.78, 5) is 56.8. The van der Waals surface area contributed by atoms with Crippen LogP contribution >= 0.6 is 23.2 Å². The number of halogens is 2. The van der Waals surface area contributed by atoms with E-state index in [9.17, 15) is 24.3 Å². The van der Waals surface area contributed by atoms with E-state index in [1.54, 1.807) is 59.3 Å². The second-order valence-corrected chi connectivity index (χ2v) is 9.75. The van der Waals surface area contributed by atoms with Crippen molar-refractivity contribution in [2.75, 3.05) is 46.3 Å². The lowest BCUT2D eigenvalue weighted by molar-refractivity contribution is -0.139. The molecule has 2 heterocycles. The number of carbonyl (C=O) groups excluding carboxylic acids is 4. The predicted molar refractivity (Wildman–Crippen MR) is 138 cm³/mol. The maximum Gasteiger partial charge on any atom is 0.290 e. The van der Waals surface area contributed by atoms with Crippen molar-refractivity contribution in [2.24, 2.45) is 0 Å². The molecule has 0 atom stereocenters. The van der Waals surface area contributed by atoms with Gasteiger partial charge in [-0.1, -0.05) is 47.5 Å². The van der Waals surface area contributed by atoms with Crippen molar-refractivity contribution in [3.63, 3.8) is 0 Å². The van der Waals surface area contributed by atoms with Gasteiger partial charge in [0.1, 0.15) is 6.54 Å². The Morgan fingerprint density at radius 2 is 1.59 bits per heavy atom. The minimum atomic E-state index is -0.766. The molecule has 2 aliphatic rings. The highest BCUT2D eigenvalue weighted by Crippen LogP contribution is 2.24. The first-order valence-corrected chi connectivity index (χ1v) is 12.4. The quantitative estimate of drug-likeness (QED) is 0.602. The zero-order chi connectivity index (χ0) is 26.7. The SMILES string of the molecule is CN(Cc1ccc(Cl)c(Cl)c1)C(=O)C1=C(O)C(=O)N(CC(=O)N2CCN(C(=O)c3ccccc3)CC2)C1. The van der Waals surface area contributed by atoms with Gasteiger partial charge < -0.3 is 24.7 Å². The first kappa shape index (κ1) is 26.5. The van der Waals surface area contributed by atoms with Gasteiger partial charge >= 0.3 is 0 Å². The molecule has 4 amide bonds. The third kappa shape index (κ3) is 5.89. The van der Waals surface area contributed by atoms with E-state index in [4.69, 9.17) is 23.2 Å². The normalized spacial score (nSPS) is 15.9. The predicted octanol–water partition coefficient (Wildman–Crippen LogP) is 2.59. The number of benzene rings is 2. The molecule has 37 heavy (non-hydrogen) atoms. The topological polar surface area (TPSA) is 101 Å². The average molecular weight is 545 g/mol. The van der Waals surface area contributed by atoms with Crippen LogP contribution in [-0.2, 0) is 20.9 Å². The Morgan fingerprint density at radius 3 is 2.24 bits per heavy atom. The number of nitrogens with zero attached hydrogens (tertiary/aromatic N) is 4. The molecule has 2 aliphatic heterocycles. The van der Waals surface area contributed by atoms with Crippen molar-refractivity contribution < 1.29 is 24.3 Å². The molecule has 1 N–H and O–H groups in total. The Bertz CT molecular complexity index is 1260. The van der Waals surface area contributed by atoms with Gasteiger partial charge in [-0.3, -0.25) is 19.2 Å². The van der Waals surface area contributed by atoms with Gasteiger partial charge in [-0.2, -0.15) is 0 Å². The van der Waals surface area contributed by atoms with E-state index in [1.165, 1.54) is 4.90 Å². The van der Waals surface area contributed by atoms with E-state index in [2.05, 4.69) is 0 Å². The maximum atomic E-state index is 12.9. The Morgan fingerprint density at radius 1 is 0.946 bits per heavy atom. The van der Waals surface area contributed by atoms with Crippen LogP contribution in [0.15, 0.2) is 59.9 Å². The van der Waals surface area contributed by atoms with Gasteiger partial charge in [-0.15, -0.1) is 0 Å². The number of aliphatic hydroxyl groups excluding tert-OH is 1. The monoisotopic (exact) mass is 544 g/mol. The molecule has 0 spiro atoms. The fourth-order valence-electron chi connectivity index (χ4n) is 4.31. The number of aliphatic hydroxyl groups is 1. The molecule has 0 saturated carbocycles. The highest BCUT2D eigenvalue weighted by atomic mass is 35.5. The van der Waals surface area contributed by atoms with E-state index in [1.807, 2.05) is 6.07 Å². The summed E-state index contributed by atoms with van der Waals surface area (Å²) in [5, 5.41) is 11.1. The van der Waals surface area contributed by atoms with E-state index >= 15 is 0 Å². The Balaban J connectivity index is 1.31. The van der Waals surface area contributed by atoms with Crippen LogP contribution in [0.5, 0.6) is 0 Å². The first-order valence-electron chi connectivity index (χ1n) is 11.7. The third-order valence-corrected chi connectivity index (χ3v) is 7.14. The van der Waals surface area contributed by atoms with Crippen LogP contribution in [-0.4, -0.2) is 94.7 Å². The maximum absolute atomic E-state index is 12.9. The third-order valence-electron chi connectivity index (χ3n) is 6.40. The fraction of sp³-hybridized carbons (Fsp3) is 0.308. The summed E-state index contributed by atoms with van der Waals surface area (Å²) in [5.74, 6) is -2.36. The summed E-state index contributed by atoms with van der Waals surface area (Å²) in [6, 6.07) is 13.9. The molecule has 1 saturated heterocycles. The fourth-order valence-corrected chi connectivity index (χ4v) is 4.63. The van der Waals surface area contributed by atoms with E-state index in [-0.39, 0.29) is 37.0 Å². The lowest BCUT2D eigenvalue weighted by Crippen LogP contribution is -2.52. The molecule has 0 aromatic heterocycles. The number of piperazine rings is 1. The molecule has 9 nitrogen and oxygen atoms in total. The zero-order valence-electron chi connectivity index (χ0n) is 20.2. The summed E-state index contributed by atoms with van der Waals surface area (Å²) in [7, 11) is 1.54. The van der Waals surface area contributed by atoms with E-state index in [0.717, 1.165) is 10.5 Å². The van der Waals surface area contributed by atoms with Crippen molar-refractivity contribution in [1.29, 1.82) is 0 Å². The Kier molecular flexibility index (Phi) is 8.04. The largest absolute Gasteiger partial charge is 0.503 e. The minimum Gasteiger partial charge on any atom is -0.503 e. The van der Waals surface area contributed by atoms with E-state index in [0.29, 0.717) is 41.8 Å². The summed E-state index contributed by atoms with van der Waals surface area (Å²) in [5.41, 5.74) is 1.25. The molecule has 2 aromatic carbocycles. The van der Waals surface area contributed by atoms with Gasteiger partial charge in [-0.05, 0) is 29.8 Å². The second kappa shape index (κ2) is 11.2. The van der Waals surface area contributed by atoms with Crippen LogP contribution in [0.25, 0.3) is 0 Å². The Labute approximate surface area is 224 Å². The number of carbonyl (C=O) groups is 4. The van der Waals surface area contributed by atoms with Gasteiger partial charge in [-0.25, -0.2) is 0 Å². The van der Waals surface area contributed by atoms with Gasteiger partial charge in [0.2, 0.25) is 5.91 Å². The van der Waals surface area contributed by atoms with Crippen LogP contribution in [0.2, 0.25) is 10.0 Å². The first-order chi connectivity index (χ1) is 17.7. The summed E-state index contributed by atoms with van der Waals surface area (Å²) in [6.45, 7) is 1.15. The van der Waals surface area contributed by atoms with Crippen molar-refractivity contribution in [3.8, 4) is 0 Å². The van der Waals surface area contributed by atoms with Gasteiger partial charge in [0.05, 0.1) is 22.2 Å². The van der Waals surface area contributed by atoms with Gasteiger partial charge in [0.15, 0.2) is 5.76 Å². The highest BCUT2D eigenvalue weighted by Gasteiger charge is 2.37. The number of hydrogen-bond donors (Lipinski definition) is 1. The standard InChI is InChI=1S/C26H26Cl2N4O5/c1-29(14-17-7-8-20(27)21(28)13-17)25(36)19-15-32(26(37)23(19)34)16-22(33)30-9-11-31(12-10-30)24(35)18-5-3-2-4-6-18/h2-8,13,34H,9-12,14-16H2,1H3. The summed E-state index contributed by atoms with van der Waals surface area (Å²) in [6.07, 6.45) is 0. The van der Waals surface area contributed by atoms with Gasteiger partial charge in [0.25, 0.3) is 17.7 Å². The lowest BCUT2D eigenvalue weighted by Gasteiger charge is -2.35. The summed E-state index contributed by atoms with van der Waals surface area (Å²) < 4.78 is 0. The van der Waals surface area contributed by atoms with Crippen molar-refractivity contribution >= 4 is 46.8 Å². The highest BCUT2D eigenvalue weighted by molar-refractivity contribution is 6.42. The van der Waals surface area contributed by atoms with Crippen LogP contribution in [0.4, 0.5) is 0 Å². The van der Waals surface area contributed by atoms with Crippen molar-refractivity contribution in [2.45, 2.75) is 6.54 Å². The molecule has 0 unspecified atom stereocenters. The molecule has 11 heteroatoms. The molecule has 2 aromatic rings. The molecule has 0 bridgehead atoms. The van der Waals surface area contributed by atoms with E-state index < -0.39 is 17.6 Å². The molecule has 0 aliphatic carbocycles. The average Bonchev–Trinajstić information content (AvgIpc) is 3.18. The van der Waals surface area contributed by atoms with Crippen LogP contribution in [0, 0.1) is 0 Å². The van der Waals surface area contributed by atoms with Crippen LogP contribution < -0.4 is 0 Å². The second-order valence-electron chi connectivity index (χ2n) is 8.94. The smallest absolute Gasteiger partial charge is 0.290 e. The summed E-state index contributed by atoms with van der Waals surface area (Å²) >= 11 is 12.0. The zero-order valence-corrected chi connectivity index (χ0v) is 21.7. The lowest BCUT2D eigenvalue weighted by atomic mass is 10.2. The number of rotatable bonds is 6. The number of hydrogen-bond acceptors (Lipinski definition) is 5. The minimum absolute atomic E-state index is 0.0707. The molecule has 1 fully saturated rings. The number of likely N-dealkylation sites (N-methyl/N-ethyl adjacent to an activating group) is 1. The molecule has 0 radical (unpaired) electrons. The van der Waals surface area contributed by atoms with Gasteiger partial charge in [0, 0.05) is 45.3 Å². The van der Waals surface area contributed by atoms with Crippen molar-refractivity contribution in [3.05, 3.63) is 81.0 Å². The number of amides is 4. The molecular formula is C26H26Cl2N4O5. The molecular weight excluding hydrogens is 519 g/mol. The van der Waals surface area contributed by atoms with Crippen LogP contribution in [0.1, 0.15) is 15.9 Å². The van der Waals surface area contributed by atoms with Crippen molar-refractivity contribution in [1.82, 2.24) is 19.6 Å². The molecule has 194 valence electrons.